The number of unbranched alkanes of at least 4 members (excludes halogenated alkanes) is 2. The molecule has 0 aromatic carbocycles. The quantitative estimate of drug-likeness (QED) is 0.400. The van der Waals surface area contributed by atoms with E-state index in [-0.39, 0.29) is 6.29 Å². The van der Waals surface area contributed by atoms with Crippen LogP contribution in [0.5, 0.6) is 0 Å². The van der Waals surface area contributed by atoms with Crippen LogP contribution in [0.4, 0.5) is 0 Å². The van der Waals surface area contributed by atoms with E-state index in [2.05, 4.69) is 11.8 Å². The molecule has 0 amide bonds. The molecule has 0 N–H and O–H groups in total. The standard InChI is InChI=1S/C11H17ClO2/c12-8-6-4-2-1-3-5-7-11-13-9-10-14-11/h11H,2,4-10H2. The van der Waals surface area contributed by atoms with Gasteiger partial charge in [0.25, 0.3) is 0 Å². The monoisotopic (exact) mass is 216 g/mol. The number of hydrogen-bond acceptors (Lipinski definition) is 2. The van der Waals surface area contributed by atoms with Gasteiger partial charge in [0.2, 0.25) is 0 Å². The van der Waals surface area contributed by atoms with Crippen LogP contribution in [-0.4, -0.2) is 25.4 Å². The number of halogens is 1. The lowest BCUT2D eigenvalue weighted by Gasteiger charge is -2.04. The minimum absolute atomic E-state index is 0.00728. The molecular formula is C11H17ClO2. The highest BCUT2D eigenvalue weighted by molar-refractivity contribution is 6.17. The first kappa shape index (κ1) is 11.8. The summed E-state index contributed by atoms with van der Waals surface area (Å²) in [7, 11) is 0. The predicted molar refractivity (Wildman–Crippen MR) is 57.3 cm³/mol. The third-order valence-corrected chi connectivity index (χ3v) is 2.27. The molecule has 0 bridgehead atoms. The highest BCUT2D eigenvalue weighted by Crippen LogP contribution is 2.09. The Morgan fingerprint density at radius 3 is 2.50 bits per heavy atom. The van der Waals surface area contributed by atoms with Crippen LogP contribution in [0.2, 0.25) is 0 Å². The van der Waals surface area contributed by atoms with E-state index in [9.17, 15) is 0 Å². The lowest BCUT2D eigenvalue weighted by molar-refractivity contribution is -0.0454. The minimum atomic E-state index is -0.00728. The average Bonchev–Trinajstić information content (AvgIpc) is 2.69. The fourth-order valence-corrected chi connectivity index (χ4v) is 1.44. The van der Waals surface area contributed by atoms with Gasteiger partial charge in [0.05, 0.1) is 13.2 Å². The number of hydrogen-bond donors (Lipinski definition) is 0. The molecule has 0 radical (unpaired) electrons. The van der Waals surface area contributed by atoms with Crippen molar-refractivity contribution in [1.82, 2.24) is 0 Å². The summed E-state index contributed by atoms with van der Waals surface area (Å²) < 4.78 is 10.6. The Labute approximate surface area is 90.9 Å². The molecule has 0 aromatic rings. The predicted octanol–water partition coefficient (Wildman–Crippen LogP) is 2.55. The summed E-state index contributed by atoms with van der Waals surface area (Å²) in [6, 6.07) is 0. The van der Waals surface area contributed by atoms with Crippen LogP contribution >= 0.6 is 11.6 Å². The van der Waals surface area contributed by atoms with Gasteiger partial charge in [-0.2, -0.15) is 0 Å². The van der Waals surface area contributed by atoms with E-state index in [0.29, 0.717) is 0 Å². The third-order valence-electron chi connectivity index (χ3n) is 2.01. The van der Waals surface area contributed by atoms with Crippen molar-refractivity contribution in [2.24, 2.45) is 0 Å². The second kappa shape index (κ2) is 8.11. The molecule has 2 nitrogen and oxygen atoms in total. The van der Waals surface area contributed by atoms with Crippen LogP contribution in [0.1, 0.15) is 32.1 Å². The molecule has 14 heavy (non-hydrogen) atoms. The molecular weight excluding hydrogens is 200 g/mol. The van der Waals surface area contributed by atoms with Crippen LogP contribution in [0.3, 0.4) is 0 Å². The van der Waals surface area contributed by atoms with Crippen LogP contribution in [0, 0.1) is 11.8 Å². The van der Waals surface area contributed by atoms with E-state index in [4.69, 9.17) is 21.1 Å². The van der Waals surface area contributed by atoms with Crippen molar-refractivity contribution < 1.29 is 9.47 Å². The Balaban J connectivity index is 1.91. The maximum Gasteiger partial charge on any atom is 0.158 e. The molecule has 1 fully saturated rings. The summed E-state index contributed by atoms with van der Waals surface area (Å²) >= 11 is 5.55. The number of rotatable bonds is 5. The zero-order chi connectivity index (χ0) is 10.1. The first-order chi connectivity index (χ1) is 6.93. The molecule has 1 aliphatic heterocycles. The van der Waals surface area contributed by atoms with Gasteiger partial charge in [-0.15, -0.1) is 23.4 Å². The van der Waals surface area contributed by atoms with E-state index < -0.39 is 0 Å². The van der Waals surface area contributed by atoms with Crippen molar-refractivity contribution in [3.05, 3.63) is 0 Å². The van der Waals surface area contributed by atoms with E-state index >= 15 is 0 Å². The zero-order valence-corrected chi connectivity index (χ0v) is 9.18. The fourth-order valence-electron chi connectivity index (χ4n) is 1.25. The van der Waals surface area contributed by atoms with Gasteiger partial charge in [-0.25, -0.2) is 0 Å². The largest absolute Gasteiger partial charge is 0.350 e. The maximum atomic E-state index is 5.55. The summed E-state index contributed by atoms with van der Waals surface area (Å²) in [6.45, 7) is 1.46. The lowest BCUT2D eigenvalue weighted by Crippen LogP contribution is -2.05. The molecule has 0 unspecified atom stereocenters. The summed E-state index contributed by atoms with van der Waals surface area (Å²) in [5.41, 5.74) is 0. The van der Waals surface area contributed by atoms with E-state index in [1.807, 2.05) is 0 Å². The Hall–Kier alpha value is -0.230. The lowest BCUT2D eigenvalue weighted by atomic mass is 10.2. The summed E-state index contributed by atoms with van der Waals surface area (Å²) in [4.78, 5) is 0. The highest BCUT2D eigenvalue weighted by Gasteiger charge is 2.13. The Morgan fingerprint density at radius 2 is 1.79 bits per heavy atom. The average molecular weight is 217 g/mol. The van der Waals surface area contributed by atoms with Gasteiger partial charge in [-0.1, -0.05) is 0 Å². The highest BCUT2D eigenvalue weighted by atomic mass is 35.5. The van der Waals surface area contributed by atoms with Gasteiger partial charge in [-0.05, 0) is 12.8 Å². The van der Waals surface area contributed by atoms with Crippen molar-refractivity contribution in [2.75, 3.05) is 19.1 Å². The maximum absolute atomic E-state index is 5.55. The summed E-state index contributed by atoms with van der Waals surface area (Å²) in [5.74, 6) is 6.98. The van der Waals surface area contributed by atoms with Gasteiger partial charge in [0.1, 0.15) is 0 Å². The van der Waals surface area contributed by atoms with E-state index in [1.54, 1.807) is 0 Å². The second-order valence-electron chi connectivity index (χ2n) is 3.21. The molecule has 0 aliphatic carbocycles. The minimum Gasteiger partial charge on any atom is -0.350 e. The molecule has 1 heterocycles. The van der Waals surface area contributed by atoms with Crippen molar-refractivity contribution in [2.45, 2.75) is 38.4 Å². The smallest absolute Gasteiger partial charge is 0.158 e. The number of ether oxygens (including phenoxy) is 2. The van der Waals surface area contributed by atoms with Crippen LogP contribution < -0.4 is 0 Å². The Bertz CT molecular complexity index is 189. The Morgan fingerprint density at radius 1 is 1.07 bits per heavy atom. The summed E-state index contributed by atoms with van der Waals surface area (Å²) in [6.07, 6.45) is 4.87. The molecule has 1 rings (SSSR count). The Kier molecular flexibility index (Phi) is 6.86. The molecule has 0 atom stereocenters. The fraction of sp³-hybridized carbons (Fsp3) is 0.818. The normalized spacial score (nSPS) is 16.6. The molecule has 0 aromatic heterocycles. The van der Waals surface area contributed by atoms with Crippen LogP contribution in [-0.2, 0) is 9.47 Å². The van der Waals surface area contributed by atoms with E-state index in [0.717, 1.165) is 51.2 Å². The van der Waals surface area contributed by atoms with Gasteiger partial charge in [-0.3, -0.25) is 0 Å². The third kappa shape index (κ3) is 5.49. The SMILES string of the molecule is ClCCCCC#CCCC1OCCO1. The van der Waals surface area contributed by atoms with Gasteiger partial charge in [0.15, 0.2) is 6.29 Å². The molecule has 0 saturated carbocycles. The van der Waals surface area contributed by atoms with Gasteiger partial charge < -0.3 is 9.47 Å². The zero-order valence-electron chi connectivity index (χ0n) is 8.43. The van der Waals surface area contributed by atoms with E-state index in [1.165, 1.54) is 0 Å². The van der Waals surface area contributed by atoms with Crippen molar-refractivity contribution in [3.63, 3.8) is 0 Å². The first-order valence-electron chi connectivity index (χ1n) is 5.18. The van der Waals surface area contributed by atoms with Gasteiger partial charge in [0, 0.05) is 25.1 Å². The van der Waals surface area contributed by atoms with Crippen LogP contribution in [0.15, 0.2) is 0 Å². The number of alkyl halides is 1. The summed E-state index contributed by atoms with van der Waals surface area (Å²) in [5, 5.41) is 0. The molecule has 3 heteroatoms. The molecule has 0 spiro atoms. The second-order valence-corrected chi connectivity index (χ2v) is 3.59. The van der Waals surface area contributed by atoms with Crippen LogP contribution in [0.25, 0.3) is 0 Å². The van der Waals surface area contributed by atoms with Crippen molar-refractivity contribution in [1.29, 1.82) is 0 Å². The molecule has 80 valence electrons. The topological polar surface area (TPSA) is 18.5 Å². The first-order valence-corrected chi connectivity index (χ1v) is 5.72. The van der Waals surface area contributed by atoms with Crippen molar-refractivity contribution in [3.8, 4) is 11.8 Å². The molecule has 1 aliphatic rings. The van der Waals surface area contributed by atoms with Gasteiger partial charge >= 0.3 is 0 Å². The molecule has 1 saturated heterocycles. The van der Waals surface area contributed by atoms with Crippen molar-refractivity contribution >= 4 is 11.6 Å².